The average molecular weight is 288 g/mol. The molecule has 1 aliphatic rings. The first kappa shape index (κ1) is 15.5. The van der Waals surface area contributed by atoms with E-state index in [1.807, 2.05) is 26.0 Å². The number of nitrogens with one attached hydrogen (secondary N) is 1. The van der Waals surface area contributed by atoms with Crippen LogP contribution in [0.1, 0.15) is 48.2 Å². The van der Waals surface area contributed by atoms with Crippen molar-refractivity contribution >= 4 is 11.8 Å². The summed E-state index contributed by atoms with van der Waals surface area (Å²) in [6, 6.07) is 5.98. The van der Waals surface area contributed by atoms with E-state index in [9.17, 15) is 9.59 Å². The van der Waals surface area contributed by atoms with Gasteiger partial charge in [0.05, 0.1) is 6.54 Å². The van der Waals surface area contributed by atoms with E-state index in [-0.39, 0.29) is 18.4 Å². The molecule has 2 rings (SSSR count). The van der Waals surface area contributed by atoms with E-state index in [0.717, 1.165) is 12.8 Å². The van der Waals surface area contributed by atoms with Crippen LogP contribution >= 0.6 is 0 Å². The zero-order valence-corrected chi connectivity index (χ0v) is 12.9. The summed E-state index contributed by atoms with van der Waals surface area (Å²) in [5, 5.41) is 2.73. The molecular weight excluding hydrogens is 264 g/mol. The van der Waals surface area contributed by atoms with Gasteiger partial charge in [-0.3, -0.25) is 9.59 Å². The molecule has 114 valence electrons. The summed E-state index contributed by atoms with van der Waals surface area (Å²) in [6.07, 6.45) is 4.60. The van der Waals surface area contributed by atoms with E-state index in [1.165, 1.54) is 24.0 Å². The maximum absolute atomic E-state index is 12.5. The van der Waals surface area contributed by atoms with Gasteiger partial charge in [0.15, 0.2) is 0 Å². The standard InChI is InChI=1S/C17H24N2O2/c1-3-18-16(20)12-19(4-2)17(21)15-10-9-13-7-5-6-8-14(13)11-15/h9-11H,3-8,12H2,1-2H3,(H,18,20). The highest BCUT2D eigenvalue weighted by atomic mass is 16.2. The first-order valence-electron chi connectivity index (χ1n) is 7.83. The fraction of sp³-hybridized carbons (Fsp3) is 0.529. The number of amides is 2. The van der Waals surface area contributed by atoms with Crippen LogP contribution in [0.4, 0.5) is 0 Å². The molecule has 0 bridgehead atoms. The van der Waals surface area contributed by atoms with Crippen molar-refractivity contribution in [1.29, 1.82) is 0 Å². The second-order valence-electron chi connectivity index (χ2n) is 5.46. The molecule has 1 aromatic carbocycles. The topological polar surface area (TPSA) is 49.4 Å². The molecule has 0 aliphatic heterocycles. The quantitative estimate of drug-likeness (QED) is 0.902. The number of benzene rings is 1. The van der Waals surface area contributed by atoms with Gasteiger partial charge in [-0.1, -0.05) is 6.07 Å². The molecule has 4 nitrogen and oxygen atoms in total. The number of fused-ring (bicyclic) bond motifs is 1. The average Bonchev–Trinajstić information content (AvgIpc) is 2.51. The molecule has 0 unspecified atom stereocenters. The Bertz CT molecular complexity index is 526. The van der Waals surface area contributed by atoms with Gasteiger partial charge in [0.1, 0.15) is 0 Å². The summed E-state index contributed by atoms with van der Waals surface area (Å²) in [5.41, 5.74) is 3.35. The van der Waals surface area contributed by atoms with Crippen LogP contribution in [0.25, 0.3) is 0 Å². The molecular formula is C17H24N2O2. The SMILES string of the molecule is CCNC(=O)CN(CC)C(=O)c1ccc2c(c1)CCCC2. The molecule has 1 aromatic rings. The zero-order valence-electron chi connectivity index (χ0n) is 12.9. The predicted molar refractivity (Wildman–Crippen MR) is 83.3 cm³/mol. The summed E-state index contributed by atoms with van der Waals surface area (Å²) < 4.78 is 0. The molecule has 1 N–H and O–H groups in total. The van der Waals surface area contributed by atoms with Gasteiger partial charge in [0.2, 0.25) is 5.91 Å². The van der Waals surface area contributed by atoms with Crippen LogP contribution in [-0.4, -0.2) is 36.3 Å². The summed E-state index contributed by atoms with van der Waals surface area (Å²) in [5.74, 6) is -0.164. The Kier molecular flexibility index (Phi) is 5.37. The molecule has 1 aliphatic carbocycles. The third kappa shape index (κ3) is 3.84. The Morgan fingerprint density at radius 3 is 2.52 bits per heavy atom. The number of aryl methyl sites for hydroxylation is 2. The van der Waals surface area contributed by atoms with Crippen LogP contribution in [0.15, 0.2) is 18.2 Å². The smallest absolute Gasteiger partial charge is 0.254 e. The first-order chi connectivity index (χ1) is 10.2. The summed E-state index contributed by atoms with van der Waals surface area (Å²) in [4.78, 5) is 25.8. The van der Waals surface area contributed by atoms with Crippen molar-refractivity contribution in [3.63, 3.8) is 0 Å². The van der Waals surface area contributed by atoms with E-state index < -0.39 is 0 Å². The minimum atomic E-state index is -0.106. The minimum Gasteiger partial charge on any atom is -0.355 e. The van der Waals surface area contributed by atoms with Gasteiger partial charge in [0, 0.05) is 18.7 Å². The lowest BCUT2D eigenvalue weighted by Gasteiger charge is -2.22. The van der Waals surface area contributed by atoms with Crippen molar-refractivity contribution in [1.82, 2.24) is 10.2 Å². The fourth-order valence-electron chi connectivity index (χ4n) is 2.80. The molecule has 21 heavy (non-hydrogen) atoms. The van der Waals surface area contributed by atoms with Crippen molar-refractivity contribution < 1.29 is 9.59 Å². The molecule has 0 aromatic heterocycles. The minimum absolute atomic E-state index is 0.0582. The Balaban J connectivity index is 2.11. The van der Waals surface area contributed by atoms with Crippen molar-refractivity contribution in [2.75, 3.05) is 19.6 Å². The summed E-state index contributed by atoms with van der Waals surface area (Å²) in [7, 11) is 0. The number of rotatable bonds is 5. The number of carbonyl (C=O) groups is 2. The Morgan fingerprint density at radius 2 is 1.86 bits per heavy atom. The second-order valence-corrected chi connectivity index (χ2v) is 5.46. The van der Waals surface area contributed by atoms with Gasteiger partial charge in [-0.15, -0.1) is 0 Å². The molecule has 0 heterocycles. The molecule has 4 heteroatoms. The van der Waals surface area contributed by atoms with Gasteiger partial charge in [-0.2, -0.15) is 0 Å². The normalized spacial score (nSPS) is 13.4. The Hall–Kier alpha value is -1.84. The summed E-state index contributed by atoms with van der Waals surface area (Å²) >= 11 is 0. The third-order valence-corrected chi connectivity index (χ3v) is 3.97. The van der Waals surface area contributed by atoms with Crippen LogP contribution in [0.3, 0.4) is 0 Å². The van der Waals surface area contributed by atoms with Gasteiger partial charge in [0.25, 0.3) is 5.91 Å². The molecule has 0 spiro atoms. The zero-order chi connectivity index (χ0) is 15.2. The maximum atomic E-state index is 12.5. The molecule has 0 saturated heterocycles. The molecule has 0 fully saturated rings. The van der Waals surface area contributed by atoms with Crippen LogP contribution < -0.4 is 5.32 Å². The van der Waals surface area contributed by atoms with Crippen LogP contribution in [0.2, 0.25) is 0 Å². The first-order valence-corrected chi connectivity index (χ1v) is 7.83. The number of hydrogen-bond acceptors (Lipinski definition) is 2. The third-order valence-electron chi connectivity index (χ3n) is 3.97. The number of hydrogen-bond donors (Lipinski definition) is 1. The van der Waals surface area contributed by atoms with Gasteiger partial charge >= 0.3 is 0 Å². The lowest BCUT2D eigenvalue weighted by Crippen LogP contribution is -2.40. The van der Waals surface area contributed by atoms with E-state index >= 15 is 0 Å². The lowest BCUT2D eigenvalue weighted by atomic mass is 9.90. The van der Waals surface area contributed by atoms with Gasteiger partial charge < -0.3 is 10.2 Å². The van der Waals surface area contributed by atoms with E-state index in [1.54, 1.807) is 4.90 Å². The Labute approximate surface area is 126 Å². The van der Waals surface area contributed by atoms with Crippen molar-refractivity contribution in [3.8, 4) is 0 Å². The van der Waals surface area contributed by atoms with E-state index in [2.05, 4.69) is 11.4 Å². The van der Waals surface area contributed by atoms with Crippen LogP contribution in [-0.2, 0) is 17.6 Å². The monoisotopic (exact) mass is 288 g/mol. The lowest BCUT2D eigenvalue weighted by molar-refractivity contribution is -0.121. The maximum Gasteiger partial charge on any atom is 0.254 e. The molecule has 0 radical (unpaired) electrons. The molecule has 0 atom stereocenters. The van der Waals surface area contributed by atoms with Crippen LogP contribution in [0.5, 0.6) is 0 Å². The number of nitrogens with zero attached hydrogens (tertiary/aromatic N) is 1. The van der Waals surface area contributed by atoms with Crippen molar-refractivity contribution in [2.24, 2.45) is 0 Å². The molecule has 2 amide bonds. The van der Waals surface area contributed by atoms with Crippen LogP contribution in [0, 0.1) is 0 Å². The number of carbonyl (C=O) groups excluding carboxylic acids is 2. The largest absolute Gasteiger partial charge is 0.355 e. The Morgan fingerprint density at radius 1 is 1.14 bits per heavy atom. The highest BCUT2D eigenvalue weighted by Gasteiger charge is 2.19. The second kappa shape index (κ2) is 7.25. The highest BCUT2D eigenvalue weighted by Crippen LogP contribution is 2.22. The summed E-state index contributed by atoms with van der Waals surface area (Å²) in [6.45, 7) is 5.02. The van der Waals surface area contributed by atoms with E-state index in [4.69, 9.17) is 0 Å². The molecule has 0 saturated carbocycles. The van der Waals surface area contributed by atoms with Crippen molar-refractivity contribution in [2.45, 2.75) is 39.5 Å². The highest BCUT2D eigenvalue weighted by molar-refractivity contribution is 5.96. The fourth-order valence-corrected chi connectivity index (χ4v) is 2.80. The van der Waals surface area contributed by atoms with E-state index in [0.29, 0.717) is 18.7 Å². The number of likely N-dealkylation sites (N-methyl/N-ethyl adjacent to an activating group) is 2. The predicted octanol–water partition coefficient (Wildman–Crippen LogP) is 2.16. The van der Waals surface area contributed by atoms with Crippen molar-refractivity contribution in [3.05, 3.63) is 34.9 Å². The van der Waals surface area contributed by atoms with Gasteiger partial charge in [-0.05, 0) is 62.8 Å². The van der Waals surface area contributed by atoms with Gasteiger partial charge in [-0.25, -0.2) is 0 Å².